The van der Waals surface area contributed by atoms with Crippen molar-refractivity contribution in [3.05, 3.63) is 64.1 Å². The van der Waals surface area contributed by atoms with Gasteiger partial charge in [0, 0.05) is 32.7 Å². The molecule has 0 fully saturated rings. The molecule has 1 nitrogen and oxygen atoms in total. The van der Waals surface area contributed by atoms with E-state index in [1.807, 2.05) is 0 Å². The van der Waals surface area contributed by atoms with E-state index < -0.39 is 18.8 Å². The van der Waals surface area contributed by atoms with E-state index >= 15 is 0 Å². The molecule has 0 aliphatic carbocycles. The normalized spacial score (nSPS) is 14.8. The molecule has 1 aliphatic heterocycles. The average Bonchev–Trinajstić information content (AvgIpc) is 2.36. The van der Waals surface area contributed by atoms with Gasteiger partial charge in [0.2, 0.25) is 0 Å². The Kier molecular flexibility index (Phi) is 6.89. The van der Waals surface area contributed by atoms with Crippen molar-refractivity contribution in [1.29, 1.82) is 0 Å². The molecule has 1 aromatic carbocycles. The van der Waals surface area contributed by atoms with E-state index in [0.29, 0.717) is 10.2 Å². The van der Waals surface area contributed by atoms with Gasteiger partial charge in [-0.15, -0.1) is 22.0 Å². The summed E-state index contributed by atoms with van der Waals surface area (Å²) in [5.74, 6) is -0.467. The SMILES string of the molecule is C=C1C(Br)=C[C-]=C(c2ccc(C)cc2F)N1CC(F)F.[Y]. The molecule has 0 saturated heterocycles. The number of hydrogen-bond donors (Lipinski definition) is 0. The first-order chi connectivity index (χ1) is 9.40. The van der Waals surface area contributed by atoms with E-state index in [1.165, 1.54) is 11.0 Å². The van der Waals surface area contributed by atoms with E-state index in [9.17, 15) is 13.2 Å². The smallest absolute Gasteiger partial charge is 0.256 e. The third kappa shape index (κ3) is 4.30. The second-order valence-corrected chi connectivity index (χ2v) is 5.27. The minimum atomic E-state index is -2.56. The van der Waals surface area contributed by atoms with Gasteiger partial charge in [-0.05, 0) is 18.7 Å². The average molecular weight is 432 g/mol. The van der Waals surface area contributed by atoms with Crippen LogP contribution in [0.3, 0.4) is 0 Å². The van der Waals surface area contributed by atoms with Crippen LogP contribution in [0.1, 0.15) is 11.1 Å². The van der Waals surface area contributed by atoms with Gasteiger partial charge in [-0.25, -0.2) is 13.2 Å². The van der Waals surface area contributed by atoms with Crippen molar-refractivity contribution in [2.75, 3.05) is 6.54 Å². The van der Waals surface area contributed by atoms with Gasteiger partial charge in [0.05, 0.1) is 12.4 Å². The molecule has 0 amide bonds. The van der Waals surface area contributed by atoms with E-state index in [-0.39, 0.29) is 44.0 Å². The van der Waals surface area contributed by atoms with Crippen LogP contribution < -0.4 is 0 Å². The molecule has 1 heterocycles. The van der Waals surface area contributed by atoms with Gasteiger partial charge < -0.3 is 4.90 Å². The Morgan fingerprint density at radius 2 is 2.05 bits per heavy atom. The van der Waals surface area contributed by atoms with Crippen molar-refractivity contribution in [3.63, 3.8) is 0 Å². The van der Waals surface area contributed by atoms with Crippen LogP contribution in [0.2, 0.25) is 0 Å². The Balaban J connectivity index is 0.00000220. The third-order valence-electron chi connectivity index (χ3n) is 2.91. The molecule has 1 radical (unpaired) electrons. The summed E-state index contributed by atoms with van der Waals surface area (Å²) < 4.78 is 40.0. The van der Waals surface area contributed by atoms with Gasteiger partial charge >= 0.3 is 0 Å². The molecule has 1 aromatic rings. The number of benzene rings is 1. The number of aryl methyl sites for hydroxylation is 1. The maximum Gasteiger partial charge on any atom is 0.256 e. The van der Waals surface area contributed by atoms with Gasteiger partial charge in [0.25, 0.3) is 6.43 Å². The van der Waals surface area contributed by atoms with Crippen LogP contribution in [-0.4, -0.2) is 17.9 Å². The number of halogens is 4. The first kappa shape index (κ1) is 18.7. The third-order valence-corrected chi connectivity index (χ3v) is 3.59. The molecule has 21 heavy (non-hydrogen) atoms. The Labute approximate surface area is 155 Å². The molecule has 109 valence electrons. The fourth-order valence-electron chi connectivity index (χ4n) is 1.93. The summed E-state index contributed by atoms with van der Waals surface area (Å²) in [5.41, 5.74) is 1.61. The molecular weight excluding hydrogens is 420 g/mol. The molecule has 0 saturated carbocycles. The fourth-order valence-corrected chi connectivity index (χ4v) is 2.26. The summed E-state index contributed by atoms with van der Waals surface area (Å²) in [4.78, 5) is 1.27. The summed E-state index contributed by atoms with van der Waals surface area (Å²) in [6.45, 7) is 4.95. The molecule has 0 atom stereocenters. The van der Waals surface area contributed by atoms with Crippen molar-refractivity contribution < 1.29 is 45.9 Å². The number of hydrogen-bond acceptors (Lipinski definition) is 1. The number of allylic oxidation sites excluding steroid dienone is 3. The Hall–Kier alpha value is -0.386. The second kappa shape index (κ2) is 7.75. The molecule has 0 bridgehead atoms. The number of rotatable bonds is 3. The van der Waals surface area contributed by atoms with Crippen LogP contribution in [0, 0.1) is 18.8 Å². The zero-order chi connectivity index (χ0) is 14.9. The first-order valence-electron chi connectivity index (χ1n) is 5.91. The van der Waals surface area contributed by atoms with Crippen molar-refractivity contribution in [3.8, 4) is 0 Å². The minimum absolute atomic E-state index is 0. The first-order valence-corrected chi connectivity index (χ1v) is 6.70. The van der Waals surface area contributed by atoms with Crippen molar-refractivity contribution >= 4 is 21.6 Å². The monoisotopic (exact) mass is 431 g/mol. The van der Waals surface area contributed by atoms with Crippen LogP contribution in [0.15, 0.2) is 41.0 Å². The van der Waals surface area contributed by atoms with Gasteiger partial charge in [-0.1, -0.05) is 34.0 Å². The largest absolute Gasteiger partial charge is 0.369 e. The van der Waals surface area contributed by atoms with Gasteiger partial charge in [-0.2, -0.15) is 12.2 Å². The predicted octanol–water partition coefficient (Wildman–Crippen LogP) is 4.65. The molecule has 0 spiro atoms. The molecule has 2 rings (SSSR count). The van der Waals surface area contributed by atoms with Crippen LogP contribution in [0.25, 0.3) is 5.70 Å². The fraction of sp³-hybridized carbons (Fsp3) is 0.200. The van der Waals surface area contributed by atoms with Gasteiger partial charge in [0.1, 0.15) is 0 Å². The zero-order valence-corrected chi connectivity index (χ0v) is 15.8. The van der Waals surface area contributed by atoms with E-state index in [2.05, 4.69) is 28.6 Å². The number of nitrogens with zero attached hydrogens (tertiary/aromatic N) is 1. The van der Waals surface area contributed by atoms with Crippen molar-refractivity contribution in [1.82, 2.24) is 4.90 Å². The van der Waals surface area contributed by atoms with E-state index in [0.717, 1.165) is 5.56 Å². The van der Waals surface area contributed by atoms with Crippen molar-refractivity contribution in [2.45, 2.75) is 13.3 Å². The topological polar surface area (TPSA) is 3.24 Å². The molecule has 0 N–H and O–H groups in total. The summed E-state index contributed by atoms with van der Waals surface area (Å²) in [7, 11) is 0. The summed E-state index contributed by atoms with van der Waals surface area (Å²) in [6.07, 6.45) is 1.83. The predicted molar refractivity (Wildman–Crippen MR) is 76.6 cm³/mol. The van der Waals surface area contributed by atoms with Gasteiger partial charge in [0.15, 0.2) is 0 Å². The Bertz CT molecular complexity index is 611. The standard InChI is InChI=1S/C15H12BrF3N.Y/c1-9-3-4-11(13(17)7-9)14-6-5-12(16)10(2)20(14)8-15(18)19;/h3-5,7,15H,2,8H2,1H3;/q-1;. The zero-order valence-electron chi connectivity index (χ0n) is 11.3. The molecular formula is C15H12BrF3NY-. The van der Waals surface area contributed by atoms with Crippen LogP contribution in [-0.2, 0) is 32.7 Å². The van der Waals surface area contributed by atoms with E-state index in [4.69, 9.17) is 0 Å². The minimum Gasteiger partial charge on any atom is -0.369 e. The molecule has 6 heteroatoms. The maximum atomic E-state index is 14.0. The molecule has 0 unspecified atom stereocenters. The molecule has 0 aromatic heterocycles. The Morgan fingerprint density at radius 3 is 2.62 bits per heavy atom. The molecule has 1 aliphatic rings. The maximum absolute atomic E-state index is 14.0. The van der Waals surface area contributed by atoms with Crippen LogP contribution >= 0.6 is 15.9 Å². The summed E-state index contributed by atoms with van der Waals surface area (Å²) in [6, 6.07) is 4.65. The number of alkyl halides is 2. The van der Waals surface area contributed by atoms with Crippen LogP contribution in [0.4, 0.5) is 13.2 Å². The summed E-state index contributed by atoms with van der Waals surface area (Å²) >= 11 is 3.22. The summed E-state index contributed by atoms with van der Waals surface area (Å²) in [5, 5.41) is 0. The van der Waals surface area contributed by atoms with Crippen LogP contribution in [0.5, 0.6) is 0 Å². The quantitative estimate of drug-likeness (QED) is 0.629. The van der Waals surface area contributed by atoms with E-state index in [1.54, 1.807) is 25.1 Å². The van der Waals surface area contributed by atoms with Gasteiger partial charge in [-0.3, -0.25) is 0 Å². The van der Waals surface area contributed by atoms with Crippen molar-refractivity contribution in [2.24, 2.45) is 0 Å². The second-order valence-electron chi connectivity index (χ2n) is 4.42. The Morgan fingerprint density at radius 1 is 1.38 bits per heavy atom.